The van der Waals surface area contributed by atoms with Crippen LogP contribution in [0.2, 0.25) is 0 Å². The van der Waals surface area contributed by atoms with Crippen molar-refractivity contribution in [3.8, 4) is 0 Å². The summed E-state index contributed by atoms with van der Waals surface area (Å²) in [7, 11) is 0. The minimum absolute atomic E-state index is 0. The minimum Gasteiger partial charge on any atom is -0.382 e. The van der Waals surface area contributed by atoms with Gasteiger partial charge in [0, 0.05) is 35.4 Å². The molecule has 2 saturated carbocycles. The summed E-state index contributed by atoms with van der Waals surface area (Å²) in [6.07, 6.45) is 9.42. The highest BCUT2D eigenvalue weighted by Crippen LogP contribution is 2.27. The summed E-state index contributed by atoms with van der Waals surface area (Å²) >= 11 is 0. The molecule has 4 rings (SSSR count). The molecule has 0 aliphatic heterocycles. The van der Waals surface area contributed by atoms with Gasteiger partial charge in [-0.1, -0.05) is 0 Å². The molecule has 124 valence electrons. The zero-order valence-electron chi connectivity index (χ0n) is 13.2. The highest BCUT2D eigenvalue weighted by atomic mass is 35.5. The van der Waals surface area contributed by atoms with E-state index in [0.29, 0.717) is 6.04 Å². The lowest BCUT2D eigenvalue weighted by atomic mass is 9.91. The third-order valence-electron chi connectivity index (χ3n) is 4.92. The van der Waals surface area contributed by atoms with E-state index >= 15 is 0 Å². The summed E-state index contributed by atoms with van der Waals surface area (Å²) < 4.78 is 0. The van der Waals surface area contributed by atoms with Crippen molar-refractivity contribution in [2.24, 2.45) is 0 Å². The molecule has 5 heteroatoms. The number of aromatic nitrogens is 1. The molecule has 1 heterocycles. The van der Waals surface area contributed by atoms with Gasteiger partial charge in [-0.25, -0.2) is 0 Å². The van der Waals surface area contributed by atoms with Crippen LogP contribution in [0.1, 0.15) is 38.5 Å². The summed E-state index contributed by atoms with van der Waals surface area (Å²) in [4.78, 5) is 14.4. The topological polar surface area (TPSA) is 56.9 Å². The van der Waals surface area contributed by atoms with Crippen LogP contribution in [0.15, 0.2) is 35.3 Å². The molecule has 0 radical (unpaired) electrons. The Morgan fingerprint density at radius 3 is 2.26 bits per heavy atom. The smallest absolute Gasteiger partial charge is 0.255 e. The lowest BCUT2D eigenvalue weighted by molar-refractivity contribution is 0.352. The number of benzene rings is 1. The number of hydrogen-bond acceptors (Lipinski definition) is 3. The van der Waals surface area contributed by atoms with Crippen molar-refractivity contribution in [3.05, 3.63) is 40.8 Å². The molecule has 4 nitrogen and oxygen atoms in total. The van der Waals surface area contributed by atoms with E-state index in [2.05, 4.69) is 21.7 Å². The maximum Gasteiger partial charge on any atom is 0.255 e. The Kier molecular flexibility index (Phi) is 4.93. The number of aromatic amines is 1. The fraction of sp³-hybridized carbons (Fsp3) is 0.500. The van der Waals surface area contributed by atoms with Gasteiger partial charge >= 0.3 is 0 Å². The zero-order valence-corrected chi connectivity index (χ0v) is 14.0. The summed E-state index contributed by atoms with van der Waals surface area (Å²) in [5.74, 6) is 0. The van der Waals surface area contributed by atoms with Gasteiger partial charge in [-0.15, -0.1) is 12.4 Å². The first-order chi connectivity index (χ1) is 10.8. The van der Waals surface area contributed by atoms with Crippen LogP contribution in [0.3, 0.4) is 0 Å². The van der Waals surface area contributed by atoms with Crippen molar-refractivity contribution in [2.75, 3.05) is 5.32 Å². The van der Waals surface area contributed by atoms with Crippen LogP contribution in [0.5, 0.6) is 0 Å². The van der Waals surface area contributed by atoms with E-state index < -0.39 is 0 Å². The molecule has 0 unspecified atom stereocenters. The number of anilines is 1. The van der Waals surface area contributed by atoms with Crippen LogP contribution in [-0.2, 0) is 0 Å². The second-order valence-corrected chi connectivity index (χ2v) is 6.74. The zero-order chi connectivity index (χ0) is 14.9. The van der Waals surface area contributed by atoms with Crippen LogP contribution in [0.25, 0.3) is 10.8 Å². The van der Waals surface area contributed by atoms with Crippen molar-refractivity contribution in [2.45, 2.75) is 56.7 Å². The highest BCUT2D eigenvalue weighted by Gasteiger charge is 2.27. The number of fused-ring (bicyclic) bond motifs is 1. The first-order valence-electron chi connectivity index (χ1n) is 8.42. The Hall–Kier alpha value is -1.52. The third kappa shape index (κ3) is 3.88. The van der Waals surface area contributed by atoms with E-state index in [1.807, 2.05) is 18.2 Å². The average Bonchev–Trinajstić information content (AvgIpc) is 3.33. The van der Waals surface area contributed by atoms with Crippen LogP contribution in [0, 0.1) is 0 Å². The van der Waals surface area contributed by atoms with Gasteiger partial charge in [0.15, 0.2) is 0 Å². The van der Waals surface area contributed by atoms with Crippen molar-refractivity contribution in [1.82, 2.24) is 10.3 Å². The quantitative estimate of drug-likeness (QED) is 0.803. The van der Waals surface area contributed by atoms with E-state index in [-0.39, 0.29) is 18.0 Å². The second kappa shape index (κ2) is 6.93. The van der Waals surface area contributed by atoms with Crippen molar-refractivity contribution in [1.29, 1.82) is 0 Å². The number of H-pyrrole nitrogens is 1. The van der Waals surface area contributed by atoms with Gasteiger partial charge < -0.3 is 15.6 Å². The third-order valence-corrected chi connectivity index (χ3v) is 4.92. The molecule has 1 aromatic carbocycles. The Morgan fingerprint density at radius 2 is 1.57 bits per heavy atom. The summed E-state index contributed by atoms with van der Waals surface area (Å²) in [6, 6.07) is 10.1. The van der Waals surface area contributed by atoms with Gasteiger partial charge in [0.05, 0.1) is 0 Å². The van der Waals surface area contributed by atoms with E-state index in [1.165, 1.54) is 38.5 Å². The number of rotatable bonds is 4. The van der Waals surface area contributed by atoms with Crippen LogP contribution < -0.4 is 16.2 Å². The van der Waals surface area contributed by atoms with E-state index in [0.717, 1.165) is 28.5 Å². The summed E-state index contributed by atoms with van der Waals surface area (Å²) in [5.41, 5.74) is 1.10. The molecule has 0 atom stereocenters. The first-order valence-corrected chi connectivity index (χ1v) is 8.42. The Balaban J connectivity index is 0.00000156. The maximum absolute atomic E-state index is 11.7. The van der Waals surface area contributed by atoms with Gasteiger partial charge in [0.2, 0.25) is 0 Å². The molecule has 1 aromatic heterocycles. The van der Waals surface area contributed by atoms with Gasteiger partial charge in [0.25, 0.3) is 5.56 Å². The minimum atomic E-state index is -0.0179. The van der Waals surface area contributed by atoms with E-state index in [1.54, 1.807) is 6.20 Å². The molecular weight excluding hydrogens is 310 g/mol. The molecule has 3 N–H and O–H groups in total. The fourth-order valence-electron chi connectivity index (χ4n) is 3.51. The van der Waals surface area contributed by atoms with Crippen molar-refractivity contribution in [3.63, 3.8) is 0 Å². The number of hydrogen-bond donors (Lipinski definition) is 3. The van der Waals surface area contributed by atoms with Gasteiger partial charge in [0.1, 0.15) is 0 Å². The molecular formula is C18H24ClN3O. The molecule has 2 aliphatic carbocycles. The second-order valence-electron chi connectivity index (χ2n) is 6.74. The van der Waals surface area contributed by atoms with E-state index in [4.69, 9.17) is 0 Å². The molecule has 2 fully saturated rings. The Morgan fingerprint density at radius 1 is 0.913 bits per heavy atom. The SMILES string of the molecule is Cl.O=c1[nH]ccc2cc(NC3CCC(NC4CC4)CC3)ccc12. The fourth-order valence-corrected chi connectivity index (χ4v) is 3.51. The van der Waals surface area contributed by atoms with Crippen LogP contribution in [-0.4, -0.2) is 23.1 Å². The monoisotopic (exact) mass is 333 g/mol. The van der Waals surface area contributed by atoms with Crippen molar-refractivity contribution < 1.29 is 0 Å². The van der Waals surface area contributed by atoms with E-state index in [9.17, 15) is 4.79 Å². The molecule has 0 amide bonds. The summed E-state index contributed by atoms with van der Waals surface area (Å²) in [5, 5.41) is 9.14. The first kappa shape index (κ1) is 16.3. The standard InChI is InChI=1S/C18H23N3O.ClH/c22-18-17-8-7-16(11-12(17)9-10-19-18)21-15-5-3-14(4-6-15)20-13-1-2-13;/h7-11,13-15,20-21H,1-6H2,(H,19,22);1H. The lowest BCUT2D eigenvalue weighted by Gasteiger charge is -2.30. The largest absolute Gasteiger partial charge is 0.382 e. The van der Waals surface area contributed by atoms with Crippen LogP contribution >= 0.6 is 12.4 Å². The molecule has 0 bridgehead atoms. The Bertz CT molecular complexity index is 718. The van der Waals surface area contributed by atoms with Crippen LogP contribution in [0.4, 0.5) is 5.69 Å². The predicted octanol–water partition coefficient (Wildman–Crippen LogP) is 3.43. The summed E-state index contributed by atoms with van der Waals surface area (Å²) in [6.45, 7) is 0. The highest BCUT2D eigenvalue weighted by molar-refractivity contribution is 5.85. The normalized spacial score (nSPS) is 24.2. The van der Waals surface area contributed by atoms with Gasteiger partial charge in [-0.3, -0.25) is 4.79 Å². The molecule has 23 heavy (non-hydrogen) atoms. The molecule has 0 saturated heterocycles. The molecule has 0 spiro atoms. The molecule has 2 aromatic rings. The Labute approximate surface area is 142 Å². The van der Waals surface area contributed by atoms with Gasteiger partial charge in [-0.2, -0.15) is 0 Å². The molecule has 2 aliphatic rings. The maximum atomic E-state index is 11.7. The average molecular weight is 334 g/mol. The number of nitrogens with one attached hydrogen (secondary N) is 3. The lowest BCUT2D eigenvalue weighted by Crippen LogP contribution is -2.37. The predicted molar refractivity (Wildman–Crippen MR) is 97.6 cm³/mol. The number of halogens is 1. The van der Waals surface area contributed by atoms with Gasteiger partial charge in [-0.05, 0) is 68.2 Å². The van der Waals surface area contributed by atoms with Crippen molar-refractivity contribution >= 4 is 28.9 Å². The number of pyridine rings is 1.